The summed E-state index contributed by atoms with van der Waals surface area (Å²) in [6.45, 7) is 1.89. The summed E-state index contributed by atoms with van der Waals surface area (Å²) in [5.74, 6) is -0.986. The number of ether oxygens (including phenoxy) is 1. The minimum atomic E-state index is -1.21. The Labute approximate surface area is 113 Å². The van der Waals surface area contributed by atoms with Gasteiger partial charge in [-0.2, -0.15) is 0 Å². The minimum absolute atomic E-state index is 0.0783. The zero-order chi connectivity index (χ0) is 13.9. The lowest BCUT2D eigenvalue weighted by molar-refractivity contribution is -0.143. The average molecular weight is 263 g/mol. The number of carboxylic acid groups (broad SMARTS) is 1. The lowest BCUT2D eigenvalue weighted by Crippen LogP contribution is -2.45. The zero-order valence-corrected chi connectivity index (χ0v) is 11.3. The number of carbonyl (C=O) groups is 1. The van der Waals surface area contributed by atoms with Crippen LogP contribution >= 0.6 is 0 Å². The molecule has 0 aliphatic heterocycles. The lowest BCUT2D eigenvalue weighted by Gasteiger charge is -2.27. The summed E-state index contributed by atoms with van der Waals surface area (Å²) >= 11 is 0. The maximum Gasteiger partial charge on any atom is 0.323 e. The Bertz CT molecular complexity index is 456. The molecule has 0 heterocycles. The van der Waals surface area contributed by atoms with Crippen LogP contribution in [0.2, 0.25) is 0 Å². The van der Waals surface area contributed by atoms with Gasteiger partial charge in [0.25, 0.3) is 0 Å². The highest BCUT2D eigenvalue weighted by molar-refractivity contribution is 5.77. The topological polar surface area (TPSA) is 72.5 Å². The van der Waals surface area contributed by atoms with Gasteiger partial charge in [-0.1, -0.05) is 24.3 Å². The molecule has 4 heteroatoms. The van der Waals surface area contributed by atoms with Gasteiger partial charge in [0.05, 0.1) is 6.10 Å². The Hall–Kier alpha value is -1.39. The summed E-state index contributed by atoms with van der Waals surface area (Å²) < 4.78 is 5.85. The van der Waals surface area contributed by atoms with Gasteiger partial charge < -0.3 is 15.6 Å². The largest absolute Gasteiger partial charge is 0.480 e. The van der Waals surface area contributed by atoms with Gasteiger partial charge in [-0.25, -0.2) is 0 Å². The second kappa shape index (κ2) is 5.72. The van der Waals surface area contributed by atoms with Crippen molar-refractivity contribution < 1.29 is 14.6 Å². The molecule has 4 nitrogen and oxygen atoms in total. The maximum atomic E-state index is 10.9. The molecule has 0 aromatic heterocycles. The first-order valence-corrected chi connectivity index (χ1v) is 6.72. The van der Waals surface area contributed by atoms with E-state index in [4.69, 9.17) is 15.6 Å². The van der Waals surface area contributed by atoms with Crippen LogP contribution < -0.4 is 5.73 Å². The number of hydrogen-bond acceptors (Lipinski definition) is 3. The number of nitrogens with two attached hydrogens (primary N) is 1. The van der Waals surface area contributed by atoms with Gasteiger partial charge in [0.2, 0.25) is 0 Å². The van der Waals surface area contributed by atoms with E-state index in [2.05, 4.69) is 12.1 Å². The Balaban J connectivity index is 1.93. The number of fused-ring (bicyclic) bond motifs is 1. The van der Waals surface area contributed by atoms with E-state index in [0.29, 0.717) is 13.0 Å². The Morgan fingerprint density at radius 3 is 3.00 bits per heavy atom. The molecule has 0 fully saturated rings. The predicted octanol–water partition coefficient (Wildman–Crippen LogP) is 2.27. The smallest absolute Gasteiger partial charge is 0.323 e. The van der Waals surface area contributed by atoms with Crippen molar-refractivity contribution in [3.05, 3.63) is 35.4 Å². The second-order valence-electron chi connectivity index (χ2n) is 5.42. The molecule has 2 unspecified atom stereocenters. The Morgan fingerprint density at radius 1 is 1.53 bits per heavy atom. The molecule has 2 rings (SSSR count). The molecule has 0 saturated carbocycles. The molecule has 0 saturated heterocycles. The Kier molecular flexibility index (Phi) is 4.22. The normalized spacial score (nSPS) is 21.5. The van der Waals surface area contributed by atoms with Gasteiger partial charge in [0, 0.05) is 6.61 Å². The molecule has 1 aliphatic rings. The van der Waals surface area contributed by atoms with Gasteiger partial charge in [-0.05, 0) is 43.7 Å². The van der Waals surface area contributed by atoms with Crippen molar-refractivity contribution in [1.82, 2.24) is 0 Å². The molecule has 1 aromatic rings. The van der Waals surface area contributed by atoms with Crippen molar-refractivity contribution in [2.45, 2.75) is 44.2 Å². The highest BCUT2D eigenvalue weighted by Crippen LogP contribution is 2.32. The van der Waals surface area contributed by atoms with Crippen molar-refractivity contribution in [3.63, 3.8) is 0 Å². The standard InChI is InChI=1S/C15H21NO3/c1-15(16,14(17)18)9-10-19-13-8-4-6-11-5-2-3-7-12(11)13/h2-3,5,7,13H,4,6,8-10,16H2,1H3,(H,17,18). The van der Waals surface area contributed by atoms with Crippen LogP contribution in [-0.4, -0.2) is 23.2 Å². The van der Waals surface area contributed by atoms with Crippen molar-refractivity contribution >= 4 is 5.97 Å². The van der Waals surface area contributed by atoms with E-state index < -0.39 is 11.5 Å². The van der Waals surface area contributed by atoms with Crippen LogP contribution in [0.25, 0.3) is 0 Å². The van der Waals surface area contributed by atoms with Crippen molar-refractivity contribution in [2.24, 2.45) is 5.73 Å². The van der Waals surface area contributed by atoms with Gasteiger partial charge in [0.15, 0.2) is 0 Å². The van der Waals surface area contributed by atoms with E-state index in [-0.39, 0.29) is 6.10 Å². The molecule has 2 atom stereocenters. The summed E-state index contributed by atoms with van der Waals surface area (Å²) in [5.41, 5.74) is 7.06. The van der Waals surface area contributed by atoms with Crippen molar-refractivity contribution in [3.8, 4) is 0 Å². The zero-order valence-electron chi connectivity index (χ0n) is 11.3. The van der Waals surface area contributed by atoms with Crippen LogP contribution in [0.3, 0.4) is 0 Å². The van der Waals surface area contributed by atoms with E-state index in [1.165, 1.54) is 18.1 Å². The first kappa shape index (κ1) is 14.0. The summed E-state index contributed by atoms with van der Waals surface area (Å²) in [4.78, 5) is 10.9. The van der Waals surface area contributed by atoms with Crippen LogP contribution in [-0.2, 0) is 16.0 Å². The SMILES string of the molecule is CC(N)(CCOC1CCCc2ccccc21)C(=O)O. The highest BCUT2D eigenvalue weighted by atomic mass is 16.5. The molecule has 0 radical (unpaired) electrons. The summed E-state index contributed by atoms with van der Waals surface area (Å²) in [6.07, 6.45) is 3.60. The first-order chi connectivity index (χ1) is 9.00. The molecule has 0 bridgehead atoms. The third kappa shape index (κ3) is 3.33. The van der Waals surface area contributed by atoms with Crippen LogP contribution in [0.5, 0.6) is 0 Å². The number of hydrogen-bond donors (Lipinski definition) is 2. The molecule has 0 spiro atoms. The molecule has 1 aromatic carbocycles. The predicted molar refractivity (Wildman–Crippen MR) is 72.9 cm³/mol. The molecular formula is C15H21NO3. The van der Waals surface area contributed by atoms with E-state index in [0.717, 1.165) is 19.3 Å². The minimum Gasteiger partial charge on any atom is -0.480 e. The third-order valence-corrected chi connectivity index (χ3v) is 3.74. The number of benzene rings is 1. The lowest BCUT2D eigenvalue weighted by atomic mass is 9.89. The fraction of sp³-hybridized carbons (Fsp3) is 0.533. The molecule has 19 heavy (non-hydrogen) atoms. The van der Waals surface area contributed by atoms with Crippen LogP contribution in [0.4, 0.5) is 0 Å². The summed E-state index contributed by atoms with van der Waals surface area (Å²) in [7, 11) is 0. The molecule has 104 valence electrons. The van der Waals surface area contributed by atoms with E-state index in [1.807, 2.05) is 12.1 Å². The average Bonchev–Trinajstić information content (AvgIpc) is 2.38. The summed E-state index contributed by atoms with van der Waals surface area (Å²) in [6, 6.07) is 8.29. The quantitative estimate of drug-likeness (QED) is 0.854. The van der Waals surface area contributed by atoms with E-state index >= 15 is 0 Å². The fourth-order valence-electron chi connectivity index (χ4n) is 2.40. The monoisotopic (exact) mass is 263 g/mol. The third-order valence-electron chi connectivity index (χ3n) is 3.74. The van der Waals surface area contributed by atoms with E-state index in [9.17, 15) is 4.79 Å². The fourth-order valence-corrected chi connectivity index (χ4v) is 2.40. The van der Waals surface area contributed by atoms with Gasteiger partial charge >= 0.3 is 5.97 Å². The van der Waals surface area contributed by atoms with Crippen molar-refractivity contribution in [2.75, 3.05) is 6.61 Å². The highest BCUT2D eigenvalue weighted by Gasteiger charge is 2.28. The summed E-state index contributed by atoms with van der Waals surface area (Å²) in [5, 5.41) is 8.96. The van der Waals surface area contributed by atoms with Crippen LogP contribution in [0.1, 0.15) is 43.4 Å². The second-order valence-corrected chi connectivity index (χ2v) is 5.42. The number of carboxylic acids is 1. The van der Waals surface area contributed by atoms with Gasteiger partial charge in [-0.3, -0.25) is 4.79 Å². The molecule has 1 aliphatic carbocycles. The van der Waals surface area contributed by atoms with Gasteiger partial charge in [-0.15, -0.1) is 0 Å². The number of aryl methyl sites for hydroxylation is 1. The maximum absolute atomic E-state index is 10.9. The van der Waals surface area contributed by atoms with Crippen LogP contribution in [0, 0.1) is 0 Å². The van der Waals surface area contributed by atoms with Crippen LogP contribution in [0.15, 0.2) is 24.3 Å². The van der Waals surface area contributed by atoms with E-state index in [1.54, 1.807) is 0 Å². The molecule has 3 N–H and O–H groups in total. The first-order valence-electron chi connectivity index (χ1n) is 6.72. The van der Waals surface area contributed by atoms with Gasteiger partial charge in [0.1, 0.15) is 5.54 Å². The molecule has 0 amide bonds. The Morgan fingerprint density at radius 2 is 2.26 bits per heavy atom. The number of aliphatic carboxylic acids is 1. The number of rotatable bonds is 5. The molecular weight excluding hydrogens is 242 g/mol. The van der Waals surface area contributed by atoms with Crippen molar-refractivity contribution in [1.29, 1.82) is 0 Å².